The summed E-state index contributed by atoms with van der Waals surface area (Å²) in [7, 11) is 1.64. The summed E-state index contributed by atoms with van der Waals surface area (Å²) in [6, 6.07) is 13.3. The van der Waals surface area contributed by atoms with Gasteiger partial charge in [-0.3, -0.25) is 0 Å². The van der Waals surface area contributed by atoms with E-state index in [2.05, 4.69) is 26.7 Å². The van der Waals surface area contributed by atoms with Crippen LogP contribution >= 0.6 is 11.6 Å². The van der Waals surface area contributed by atoms with Crippen LogP contribution in [-0.2, 0) is 0 Å². The molecule has 6 nitrogen and oxygen atoms in total. The van der Waals surface area contributed by atoms with E-state index >= 15 is 0 Å². The van der Waals surface area contributed by atoms with Crippen LogP contribution in [0.2, 0.25) is 5.02 Å². The first-order valence-corrected chi connectivity index (χ1v) is 9.30. The van der Waals surface area contributed by atoms with Crippen molar-refractivity contribution < 1.29 is 9.47 Å². The highest BCUT2D eigenvalue weighted by molar-refractivity contribution is 6.33. The molecule has 0 unspecified atom stereocenters. The second-order valence-electron chi connectivity index (χ2n) is 6.28. The summed E-state index contributed by atoms with van der Waals surface area (Å²) < 4.78 is 10.8. The molecule has 28 heavy (non-hydrogen) atoms. The number of aryl methyl sites for hydroxylation is 2. The highest BCUT2D eigenvalue weighted by atomic mass is 35.5. The molecule has 1 heterocycles. The average molecular weight is 399 g/mol. The second kappa shape index (κ2) is 9.28. The molecule has 0 amide bonds. The number of hydrogen-bond acceptors (Lipinski definition) is 6. The lowest BCUT2D eigenvalue weighted by Crippen LogP contribution is -2.13. The van der Waals surface area contributed by atoms with Gasteiger partial charge in [0.2, 0.25) is 5.95 Å². The molecule has 0 spiro atoms. The van der Waals surface area contributed by atoms with Crippen LogP contribution in [0.5, 0.6) is 11.5 Å². The zero-order chi connectivity index (χ0) is 19.9. The van der Waals surface area contributed by atoms with Crippen LogP contribution in [0.25, 0.3) is 0 Å². The number of ether oxygens (including phenoxy) is 2. The summed E-state index contributed by atoms with van der Waals surface area (Å²) in [6.45, 7) is 5.12. The van der Waals surface area contributed by atoms with Gasteiger partial charge in [-0.05, 0) is 61.4 Å². The van der Waals surface area contributed by atoms with E-state index in [9.17, 15) is 0 Å². The third-order valence-electron chi connectivity index (χ3n) is 4.06. The molecule has 146 valence electrons. The van der Waals surface area contributed by atoms with Gasteiger partial charge in [-0.2, -0.15) is 4.98 Å². The number of benzene rings is 2. The van der Waals surface area contributed by atoms with Crippen LogP contribution in [0, 0.1) is 13.8 Å². The first-order valence-electron chi connectivity index (χ1n) is 8.92. The number of rotatable bonds is 8. The maximum absolute atomic E-state index is 6.35. The van der Waals surface area contributed by atoms with Crippen LogP contribution in [-0.4, -0.2) is 30.2 Å². The van der Waals surface area contributed by atoms with E-state index < -0.39 is 0 Å². The van der Waals surface area contributed by atoms with Crippen LogP contribution in [0.1, 0.15) is 11.1 Å². The van der Waals surface area contributed by atoms with Gasteiger partial charge in [0.15, 0.2) is 0 Å². The summed E-state index contributed by atoms with van der Waals surface area (Å²) in [5.74, 6) is 2.78. The molecule has 0 aliphatic heterocycles. The largest absolute Gasteiger partial charge is 0.497 e. The summed E-state index contributed by atoms with van der Waals surface area (Å²) in [5.41, 5.74) is 2.97. The minimum atomic E-state index is 0.481. The summed E-state index contributed by atoms with van der Waals surface area (Å²) >= 11 is 6.35. The minimum Gasteiger partial charge on any atom is -0.497 e. The van der Waals surface area contributed by atoms with Gasteiger partial charge in [-0.15, -0.1) is 0 Å². The van der Waals surface area contributed by atoms with E-state index in [4.69, 9.17) is 21.1 Å². The van der Waals surface area contributed by atoms with Crippen LogP contribution < -0.4 is 20.1 Å². The lowest BCUT2D eigenvalue weighted by Gasteiger charge is -2.12. The van der Waals surface area contributed by atoms with E-state index in [1.807, 2.05) is 50.2 Å². The van der Waals surface area contributed by atoms with Gasteiger partial charge in [0.1, 0.15) is 23.9 Å². The topological polar surface area (TPSA) is 68.3 Å². The monoisotopic (exact) mass is 398 g/mol. The van der Waals surface area contributed by atoms with Crippen molar-refractivity contribution in [2.75, 3.05) is 30.9 Å². The molecule has 0 saturated carbocycles. The Morgan fingerprint density at radius 2 is 1.79 bits per heavy atom. The van der Waals surface area contributed by atoms with Crippen molar-refractivity contribution >= 4 is 29.1 Å². The lowest BCUT2D eigenvalue weighted by atomic mass is 10.1. The molecule has 1 aromatic heterocycles. The standard InChI is InChI=1S/C21H23ClN4O2/c1-14-12-15(2)20(18(22)13-14)26-21-24-9-8-19(25-21)23-10-11-28-17-6-4-16(27-3)5-7-17/h4-9,12-13H,10-11H2,1-3H3,(H2,23,24,25,26). The predicted octanol–water partition coefficient (Wildman–Crippen LogP) is 4.99. The lowest BCUT2D eigenvalue weighted by molar-refractivity contribution is 0.331. The fourth-order valence-corrected chi connectivity index (χ4v) is 3.09. The van der Waals surface area contributed by atoms with Crippen molar-refractivity contribution in [1.82, 2.24) is 9.97 Å². The third-order valence-corrected chi connectivity index (χ3v) is 4.36. The smallest absolute Gasteiger partial charge is 0.229 e. The van der Waals surface area contributed by atoms with Crippen LogP contribution in [0.4, 0.5) is 17.5 Å². The Morgan fingerprint density at radius 1 is 1.04 bits per heavy atom. The first-order chi connectivity index (χ1) is 13.5. The molecule has 0 fully saturated rings. The number of nitrogens with one attached hydrogen (secondary N) is 2. The molecule has 3 rings (SSSR count). The number of hydrogen-bond donors (Lipinski definition) is 2. The fourth-order valence-electron chi connectivity index (χ4n) is 2.72. The molecule has 2 N–H and O–H groups in total. The SMILES string of the molecule is COc1ccc(OCCNc2ccnc(Nc3c(C)cc(C)cc3Cl)n2)cc1. The van der Waals surface area contributed by atoms with Gasteiger partial charge in [-0.1, -0.05) is 17.7 Å². The van der Waals surface area contributed by atoms with Gasteiger partial charge in [0.05, 0.1) is 24.4 Å². The molecule has 0 aliphatic carbocycles. The molecular formula is C21H23ClN4O2. The molecule has 0 radical (unpaired) electrons. The van der Waals surface area contributed by atoms with E-state index in [-0.39, 0.29) is 0 Å². The van der Waals surface area contributed by atoms with Crippen molar-refractivity contribution in [2.45, 2.75) is 13.8 Å². The van der Waals surface area contributed by atoms with Gasteiger partial charge < -0.3 is 20.1 Å². The molecule has 0 saturated heterocycles. The summed E-state index contributed by atoms with van der Waals surface area (Å²) in [6.07, 6.45) is 1.69. The normalized spacial score (nSPS) is 10.4. The Hall–Kier alpha value is -2.99. The Kier molecular flexibility index (Phi) is 6.55. The number of halogens is 1. The molecule has 0 atom stereocenters. The molecule has 3 aromatic rings. The molecule has 2 aromatic carbocycles. The molecule has 0 bridgehead atoms. The zero-order valence-electron chi connectivity index (χ0n) is 16.1. The number of methoxy groups -OCH3 is 1. The van der Waals surface area contributed by atoms with Crippen molar-refractivity contribution in [2.24, 2.45) is 0 Å². The molecular weight excluding hydrogens is 376 g/mol. The second-order valence-corrected chi connectivity index (χ2v) is 6.69. The quantitative estimate of drug-likeness (QED) is 0.521. The third kappa shape index (κ3) is 5.27. The van der Waals surface area contributed by atoms with E-state index in [0.717, 1.165) is 28.3 Å². The average Bonchev–Trinajstić information content (AvgIpc) is 2.69. The maximum Gasteiger partial charge on any atom is 0.229 e. The Balaban J connectivity index is 1.55. The Bertz CT molecular complexity index is 909. The number of anilines is 3. The highest BCUT2D eigenvalue weighted by Gasteiger charge is 2.08. The predicted molar refractivity (Wildman–Crippen MR) is 113 cm³/mol. The van der Waals surface area contributed by atoms with Gasteiger partial charge in [0.25, 0.3) is 0 Å². The minimum absolute atomic E-state index is 0.481. The maximum atomic E-state index is 6.35. The number of aromatic nitrogens is 2. The Morgan fingerprint density at radius 3 is 2.50 bits per heavy atom. The van der Waals surface area contributed by atoms with Crippen molar-refractivity contribution in [3.8, 4) is 11.5 Å². The van der Waals surface area contributed by atoms with Crippen LogP contribution in [0.15, 0.2) is 48.7 Å². The van der Waals surface area contributed by atoms with E-state index in [0.29, 0.717) is 29.9 Å². The zero-order valence-corrected chi connectivity index (χ0v) is 16.9. The van der Waals surface area contributed by atoms with Crippen LogP contribution in [0.3, 0.4) is 0 Å². The van der Waals surface area contributed by atoms with Gasteiger partial charge in [-0.25, -0.2) is 4.98 Å². The van der Waals surface area contributed by atoms with Crippen molar-refractivity contribution in [3.05, 3.63) is 64.8 Å². The summed E-state index contributed by atoms with van der Waals surface area (Å²) in [4.78, 5) is 8.74. The van der Waals surface area contributed by atoms with Crippen molar-refractivity contribution in [3.63, 3.8) is 0 Å². The fraction of sp³-hybridized carbons (Fsp3) is 0.238. The summed E-state index contributed by atoms with van der Waals surface area (Å²) in [5, 5.41) is 7.07. The Labute approximate surface area is 169 Å². The van der Waals surface area contributed by atoms with Crippen molar-refractivity contribution in [1.29, 1.82) is 0 Å². The molecule has 7 heteroatoms. The first kappa shape index (κ1) is 19.8. The van der Waals surface area contributed by atoms with Gasteiger partial charge >= 0.3 is 0 Å². The van der Waals surface area contributed by atoms with Gasteiger partial charge in [0, 0.05) is 6.20 Å². The molecule has 0 aliphatic rings. The highest BCUT2D eigenvalue weighted by Crippen LogP contribution is 2.29. The van der Waals surface area contributed by atoms with E-state index in [1.165, 1.54) is 0 Å². The number of nitrogens with zero attached hydrogens (tertiary/aromatic N) is 2. The van der Waals surface area contributed by atoms with E-state index in [1.54, 1.807) is 13.3 Å².